The molecule has 0 unspecified atom stereocenters. The predicted octanol–water partition coefficient (Wildman–Crippen LogP) is -0.732. The summed E-state index contributed by atoms with van der Waals surface area (Å²) in [5.74, 6) is 0. The number of benzene rings is 4. The van der Waals surface area contributed by atoms with Gasteiger partial charge in [0.15, 0.2) is 0 Å². The van der Waals surface area contributed by atoms with Crippen LogP contribution in [0.3, 0.4) is 0 Å². The van der Waals surface area contributed by atoms with Gasteiger partial charge in [0.2, 0.25) is 0 Å². The smallest absolute Gasteiger partial charge is 0.218 e. The van der Waals surface area contributed by atoms with E-state index >= 15 is 0 Å². The van der Waals surface area contributed by atoms with E-state index in [1.807, 2.05) is 12.1 Å². The Morgan fingerprint density at radius 1 is 0.500 bits per heavy atom. The molecule has 0 saturated carbocycles. The van der Waals surface area contributed by atoms with Gasteiger partial charge >= 0.3 is 37.7 Å². The Morgan fingerprint density at radius 3 is 1.36 bits per heavy atom. The van der Waals surface area contributed by atoms with Crippen molar-refractivity contribution in [2.24, 2.45) is 0 Å². The molecule has 0 aliphatic rings. The molecule has 0 aromatic heterocycles. The molecule has 0 heterocycles. The average molecular weight is 266 g/mol. The first kappa shape index (κ1) is 17.0. The van der Waals surface area contributed by atoms with E-state index in [1.165, 1.54) is 21.5 Å². The minimum Gasteiger partial charge on any atom is -0.218 e. The Labute approximate surface area is 154 Å². The normalized spacial score (nSPS) is 10.0. The van der Waals surface area contributed by atoms with Gasteiger partial charge in [-0.05, 0) is 0 Å². The van der Waals surface area contributed by atoms with E-state index in [1.54, 1.807) is 0 Å². The van der Waals surface area contributed by atoms with Crippen LogP contribution in [0.4, 0.5) is 0 Å². The molecule has 22 heavy (non-hydrogen) atoms. The van der Waals surface area contributed by atoms with Crippen molar-refractivity contribution in [1.82, 2.24) is 0 Å². The van der Waals surface area contributed by atoms with Crippen molar-refractivity contribution in [2.75, 3.05) is 0 Å². The Morgan fingerprint density at radius 2 is 0.909 bits per heavy atom. The van der Waals surface area contributed by atoms with Crippen LogP contribution in [0.15, 0.2) is 72.8 Å². The first-order valence-corrected chi connectivity index (χ1v) is 6.73. The second-order valence-electron chi connectivity index (χ2n) is 4.88. The Hall–Kier alpha value is -1.41. The van der Waals surface area contributed by atoms with Gasteiger partial charge in [0.05, 0.1) is 0 Å². The molecule has 0 aliphatic carbocycles. The van der Waals surface area contributed by atoms with Crippen molar-refractivity contribution in [1.29, 1.82) is 0 Å². The molecule has 4 aromatic rings. The van der Waals surface area contributed by atoms with Crippen LogP contribution < -0.4 is 37.7 Å². The number of fused-ring (bicyclic) bond motifs is 2. The molecule has 0 saturated heterocycles. The van der Waals surface area contributed by atoms with Gasteiger partial charge in [-0.1, -0.05) is 36.4 Å². The van der Waals surface area contributed by atoms with Gasteiger partial charge < -0.3 is 0 Å². The van der Waals surface area contributed by atoms with Gasteiger partial charge in [0.1, 0.15) is 0 Å². The molecule has 4 rings (SSSR count). The van der Waals surface area contributed by atoms with E-state index in [9.17, 15) is 0 Å². The fraction of sp³-hybridized carbons (Fsp3) is 0. The molecule has 0 N–H and O–H groups in total. The fourth-order valence-corrected chi connectivity index (χ4v) is 2.74. The third kappa shape index (κ3) is 2.89. The maximum absolute atomic E-state index is 3.39. The minimum absolute atomic E-state index is 0. The molecule has 4 aromatic carbocycles. The SMILES string of the molecule is [Li+].[Li+].[c-]1ccc2ccccc2c1-c1[c-]ccc2ccccc12. The maximum atomic E-state index is 3.39. The summed E-state index contributed by atoms with van der Waals surface area (Å²) in [6.07, 6.45) is 0. The molecule has 0 atom stereocenters. The van der Waals surface area contributed by atoms with Gasteiger partial charge in [-0.25, -0.2) is 11.1 Å². The quantitative estimate of drug-likeness (QED) is 0.315. The molecule has 0 spiro atoms. The fourth-order valence-electron chi connectivity index (χ4n) is 2.74. The summed E-state index contributed by atoms with van der Waals surface area (Å²) < 4.78 is 0. The minimum atomic E-state index is 0. The Kier molecular flexibility index (Phi) is 5.58. The van der Waals surface area contributed by atoms with Crippen LogP contribution >= 0.6 is 0 Å². The summed E-state index contributed by atoms with van der Waals surface area (Å²) >= 11 is 0. The molecule has 0 amide bonds. The summed E-state index contributed by atoms with van der Waals surface area (Å²) in [6.45, 7) is 0. The molecular weight excluding hydrogens is 254 g/mol. The van der Waals surface area contributed by atoms with Crippen LogP contribution in [0.25, 0.3) is 32.7 Å². The van der Waals surface area contributed by atoms with E-state index in [0.29, 0.717) is 0 Å². The summed E-state index contributed by atoms with van der Waals surface area (Å²) in [5, 5.41) is 4.93. The first-order valence-electron chi connectivity index (χ1n) is 6.73. The van der Waals surface area contributed by atoms with Crippen LogP contribution in [-0.4, -0.2) is 0 Å². The van der Waals surface area contributed by atoms with Gasteiger partial charge in [-0.15, -0.1) is 45.8 Å². The molecule has 0 bridgehead atoms. The Bertz CT molecular complexity index is 825. The Balaban J connectivity index is 0.000000882. The molecule has 0 aliphatic heterocycles. The molecule has 94 valence electrons. The van der Waals surface area contributed by atoms with Crippen LogP contribution in [0.2, 0.25) is 0 Å². The summed E-state index contributed by atoms with van der Waals surface area (Å²) in [7, 11) is 0. The topological polar surface area (TPSA) is 0 Å². The van der Waals surface area contributed by atoms with E-state index in [4.69, 9.17) is 0 Å². The second kappa shape index (κ2) is 7.24. The zero-order valence-corrected chi connectivity index (χ0v) is 12.9. The zero-order chi connectivity index (χ0) is 13.4. The molecule has 2 heteroatoms. The van der Waals surface area contributed by atoms with Gasteiger partial charge in [0, 0.05) is 0 Å². The van der Waals surface area contributed by atoms with E-state index < -0.39 is 0 Å². The molecule has 0 nitrogen and oxygen atoms in total. The predicted molar refractivity (Wildman–Crippen MR) is 84.6 cm³/mol. The molecule has 0 fully saturated rings. The van der Waals surface area contributed by atoms with Crippen LogP contribution in [0.5, 0.6) is 0 Å². The van der Waals surface area contributed by atoms with Gasteiger partial charge in [-0.2, -0.15) is 24.3 Å². The monoisotopic (exact) mass is 266 g/mol. The average Bonchev–Trinajstić information content (AvgIpc) is 2.54. The second-order valence-corrected chi connectivity index (χ2v) is 4.88. The summed E-state index contributed by atoms with van der Waals surface area (Å²) in [5.41, 5.74) is 2.25. The van der Waals surface area contributed by atoms with Crippen molar-refractivity contribution in [2.45, 2.75) is 0 Å². The van der Waals surface area contributed by atoms with Crippen molar-refractivity contribution in [3.63, 3.8) is 0 Å². The number of hydrogen-bond donors (Lipinski definition) is 0. The third-order valence-corrected chi connectivity index (χ3v) is 3.69. The molecule has 0 radical (unpaired) electrons. The first-order chi connectivity index (χ1) is 9.93. The largest absolute Gasteiger partial charge is 1.00 e. The van der Waals surface area contributed by atoms with Crippen molar-refractivity contribution >= 4 is 21.5 Å². The van der Waals surface area contributed by atoms with Crippen LogP contribution in [0.1, 0.15) is 0 Å². The van der Waals surface area contributed by atoms with Crippen LogP contribution in [-0.2, 0) is 0 Å². The summed E-state index contributed by atoms with van der Waals surface area (Å²) in [6, 6.07) is 31.8. The standard InChI is InChI=1S/C20H12.2Li/c1-3-11-17-15(7-1)9-5-13-19(17)20-14-6-10-16-8-2-4-12-18(16)20;;/h1-12H;;/q-2;2*+1. The van der Waals surface area contributed by atoms with Crippen molar-refractivity contribution in [3.8, 4) is 11.1 Å². The summed E-state index contributed by atoms with van der Waals surface area (Å²) in [4.78, 5) is 0. The van der Waals surface area contributed by atoms with Gasteiger partial charge in [0.25, 0.3) is 0 Å². The maximum Gasteiger partial charge on any atom is 1.00 e. The number of hydrogen-bond acceptors (Lipinski definition) is 0. The van der Waals surface area contributed by atoms with E-state index in [-0.39, 0.29) is 37.7 Å². The number of rotatable bonds is 1. The van der Waals surface area contributed by atoms with Crippen molar-refractivity contribution in [3.05, 3.63) is 84.9 Å². The van der Waals surface area contributed by atoms with Crippen molar-refractivity contribution < 1.29 is 37.7 Å². The van der Waals surface area contributed by atoms with Gasteiger partial charge in [-0.3, -0.25) is 0 Å². The van der Waals surface area contributed by atoms with E-state index in [2.05, 4.69) is 72.8 Å². The van der Waals surface area contributed by atoms with E-state index in [0.717, 1.165) is 11.1 Å². The molecular formula is C20H12Li2. The third-order valence-electron chi connectivity index (χ3n) is 3.69. The zero-order valence-electron chi connectivity index (χ0n) is 12.9. The van der Waals surface area contributed by atoms with Crippen LogP contribution in [0, 0.1) is 12.1 Å².